The molecule has 16 heavy (non-hydrogen) atoms. The van der Waals surface area contributed by atoms with Crippen molar-refractivity contribution in [2.75, 3.05) is 7.11 Å². The van der Waals surface area contributed by atoms with Crippen molar-refractivity contribution in [1.29, 1.82) is 0 Å². The molecule has 1 aromatic carbocycles. The summed E-state index contributed by atoms with van der Waals surface area (Å²) >= 11 is 0. The summed E-state index contributed by atoms with van der Waals surface area (Å²) in [7, 11) is 1.26. The molecule has 1 rings (SSSR count). The summed E-state index contributed by atoms with van der Waals surface area (Å²) in [5.41, 5.74) is -0.751. The molecule has 1 aromatic rings. The highest BCUT2D eigenvalue weighted by Crippen LogP contribution is 2.30. The lowest BCUT2D eigenvalue weighted by Crippen LogP contribution is -1.95. The fourth-order valence-electron chi connectivity index (χ4n) is 0.935. The van der Waals surface area contributed by atoms with E-state index in [0.717, 1.165) is 12.1 Å². The Morgan fingerprint density at radius 2 is 1.69 bits per heavy atom. The molecule has 0 unspecified atom stereocenters. The Balaban J connectivity index is 0.00000106. The van der Waals surface area contributed by atoms with Crippen LogP contribution in [-0.4, -0.2) is 17.0 Å². The maximum Gasteiger partial charge on any atom is 0.317 e. The summed E-state index contributed by atoms with van der Waals surface area (Å²) in [6.45, 7) is 4.00. The van der Waals surface area contributed by atoms with Crippen molar-refractivity contribution in [2.45, 2.75) is 13.8 Å². The molecule has 0 amide bonds. The quantitative estimate of drug-likeness (QED) is 0.585. The number of nitro benzene ring substituents is 2. The first-order chi connectivity index (χ1) is 7.56. The fourth-order valence-corrected chi connectivity index (χ4v) is 0.935. The zero-order valence-corrected chi connectivity index (χ0v) is 9.17. The van der Waals surface area contributed by atoms with Gasteiger partial charge in [0.2, 0.25) is 0 Å². The van der Waals surface area contributed by atoms with Crippen molar-refractivity contribution in [3.05, 3.63) is 38.4 Å². The number of hydrogen-bond acceptors (Lipinski definition) is 5. The molecule has 0 aliphatic heterocycles. The number of methoxy groups -OCH3 is 1. The maximum atomic E-state index is 10.5. The van der Waals surface area contributed by atoms with Gasteiger partial charge in [0.1, 0.15) is 0 Å². The molecular weight excluding hydrogens is 216 g/mol. The van der Waals surface area contributed by atoms with Gasteiger partial charge in [0, 0.05) is 6.07 Å². The Labute approximate surface area is 92.0 Å². The molecule has 0 aromatic heterocycles. The molecule has 88 valence electrons. The van der Waals surface area contributed by atoms with E-state index >= 15 is 0 Å². The first kappa shape index (κ1) is 13.8. The molecule has 7 heteroatoms. The average molecular weight is 228 g/mol. The Morgan fingerprint density at radius 3 is 2.06 bits per heavy atom. The summed E-state index contributed by atoms with van der Waals surface area (Å²) in [4.78, 5) is 19.3. The number of non-ortho nitro benzene ring substituents is 1. The van der Waals surface area contributed by atoms with Crippen LogP contribution in [0.1, 0.15) is 13.8 Å². The SMILES string of the molecule is CC.COc1ccc([N+](=O)[O-])cc1[N+](=O)[O-]. The minimum atomic E-state index is -0.730. The largest absolute Gasteiger partial charge is 0.490 e. The molecule has 0 N–H and O–H groups in total. The number of rotatable bonds is 3. The topological polar surface area (TPSA) is 95.5 Å². The molecule has 0 aliphatic rings. The minimum Gasteiger partial charge on any atom is -0.490 e. The average Bonchev–Trinajstić information content (AvgIpc) is 2.30. The third kappa shape index (κ3) is 3.19. The zero-order valence-electron chi connectivity index (χ0n) is 9.17. The molecule has 0 fully saturated rings. The van der Waals surface area contributed by atoms with Crippen LogP contribution in [-0.2, 0) is 0 Å². The number of benzene rings is 1. The smallest absolute Gasteiger partial charge is 0.317 e. The van der Waals surface area contributed by atoms with Gasteiger partial charge in [0.25, 0.3) is 5.69 Å². The third-order valence-electron chi connectivity index (χ3n) is 1.57. The molecule has 7 nitrogen and oxygen atoms in total. The number of nitrogens with zero attached hydrogens (tertiary/aromatic N) is 2. The molecule has 0 aliphatic carbocycles. The van der Waals surface area contributed by atoms with E-state index in [1.165, 1.54) is 13.2 Å². The number of ether oxygens (including phenoxy) is 1. The zero-order chi connectivity index (χ0) is 12.7. The first-order valence-electron chi connectivity index (χ1n) is 4.53. The van der Waals surface area contributed by atoms with Crippen LogP contribution in [0.25, 0.3) is 0 Å². The van der Waals surface area contributed by atoms with Crippen molar-refractivity contribution < 1.29 is 14.6 Å². The highest BCUT2D eigenvalue weighted by Gasteiger charge is 2.19. The number of nitro groups is 2. The molecule has 0 bridgehead atoms. The van der Waals surface area contributed by atoms with Crippen LogP contribution in [0.2, 0.25) is 0 Å². The van der Waals surface area contributed by atoms with Crippen molar-refractivity contribution in [2.24, 2.45) is 0 Å². The van der Waals surface area contributed by atoms with Gasteiger partial charge >= 0.3 is 5.69 Å². The van der Waals surface area contributed by atoms with E-state index in [1.807, 2.05) is 13.8 Å². The van der Waals surface area contributed by atoms with E-state index in [4.69, 9.17) is 0 Å². The van der Waals surface area contributed by atoms with Crippen LogP contribution in [0.5, 0.6) is 5.75 Å². The van der Waals surface area contributed by atoms with E-state index < -0.39 is 15.5 Å². The first-order valence-corrected chi connectivity index (χ1v) is 4.53. The van der Waals surface area contributed by atoms with E-state index in [9.17, 15) is 20.2 Å². The van der Waals surface area contributed by atoms with Gasteiger partial charge in [-0.2, -0.15) is 0 Å². The van der Waals surface area contributed by atoms with Gasteiger partial charge in [-0.15, -0.1) is 0 Å². The molecule has 0 heterocycles. The van der Waals surface area contributed by atoms with Gasteiger partial charge in [-0.05, 0) is 6.07 Å². The Bertz CT molecular complexity index is 391. The molecule has 0 spiro atoms. The van der Waals surface area contributed by atoms with Crippen LogP contribution in [0.3, 0.4) is 0 Å². The standard InChI is InChI=1S/C7H6N2O5.C2H6/c1-14-7-3-2-5(8(10)11)4-6(7)9(12)13;1-2/h2-4H,1H3;1-2H3. The lowest BCUT2D eigenvalue weighted by atomic mass is 10.2. The second kappa shape index (κ2) is 6.33. The van der Waals surface area contributed by atoms with Crippen molar-refractivity contribution in [1.82, 2.24) is 0 Å². The van der Waals surface area contributed by atoms with Crippen molar-refractivity contribution in [3.63, 3.8) is 0 Å². The van der Waals surface area contributed by atoms with E-state index in [1.54, 1.807) is 0 Å². The van der Waals surface area contributed by atoms with Gasteiger partial charge in [0.15, 0.2) is 5.75 Å². The molecule has 0 saturated carbocycles. The van der Waals surface area contributed by atoms with Gasteiger partial charge in [-0.3, -0.25) is 20.2 Å². The van der Waals surface area contributed by atoms with Crippen LogP contribution < -0.4 is 4.74 Å². The Morgan fingerprint density at radius 1 is 1.12 bits per heavy atom. The van der Waals surface area contributed by atoms with Crippen molar-refractivity contribution in [3.8, 4) is 5.75 Å². The summed E-state index contributed by atoms with van der Waals surface area (Å²) in [6, 6.07) is 3.20. The lowest BCUT2D eigenvalue weighted by Gasteiger charge is -1.99. The minimum absolute atomic E-state index is 0.000556. The molecule has 0 saturated heterocycles. The number of hydrogen-bond donors (Lipinski definition) is 0. The van der Waals surface area contributed by atoms with Crippen LogP contribution in [0.4, 0.5) is 11.4 Å². The maximum absolute atomic E-state index is 10.5. The second-order valence-electron chi connectivity index (χ2n) is 2.37. The summed E-state index contributed by atoms with van der Waals surface area (Å²) < 4.78 is 4.68. The van der Waals surface area contributed by atoms with E-state index in [2.05, 4.69) is 4.74 Å². The monoisotopic (exact) mass is 228 g/mol. The molecular formula is C9H12N2O5. The molecule has 0 radical (unpaired) electrons. The normalized spacial score (nSPS) is 8.69. The Kier molecular flexibility index (Phi) is 5.47. The molecule has 0 atom stereocenters. The van der Waals surface area contributed by atoms with Gasteiger partial charge in [-0.1, -0.05) is 13.8 Å². The predicted molar refractivity (Wildman–Crippen MR) is 57.7 cm³/mol. The predicted octanol–water partition coefficient (Wildman–Crippen LogP) is 2.54. The van der Waals surface area contributed by atoms with Crippen LogP contribution in [0.15, 0.2) is 18.2 Å². The highest BCUT2D eigenvalue weighted by atomic mass is 16.6. The second-order valence-corrected chi connectivity index (χ2v) is 2.37. The fraction of sp³-hybridized carbons (Fsp3) is 0.333. The lowest BCUT2D eigenvalue weighted by molar-refractivity contribution is -0.394. The van der Waals surface area contributed by atoms with E-state index in [0.29, 0.717) is 0 Å². The van der Waals surface area contributed by atoms with Gasteiger partial charge in [-0.25, -0.2) is 0 Å². The summed E-state index contributed by atoms with van der Waals surface area (Å²) in [6.07, 6.45) is 0. The van der Waals surface area contributed by atoms with Crippen LogP contribution >= 0.6 is 0 Å². The third-order valence-corrected chi connectivity index (χ3v) is 1.57. The van der Waals surface area contributed by atoms with E-state index in [-0.39, 0.29) is 11.4 Å². The van der Waals surface area contributed by atoms with Crippen LogP contribution in [0, 0.1) is 20.2 Å². The summed E-state index contributed by atoms with van der Waals surface area (Å²) in [5.74, 6) is 0.000556. The van der Waals surface area contributed by atoms with Gasteiger partial charge < -0.3 is 4.74 Å². The van der Waals surface area contributed by atoms with Gasteiger partial charge in [0.05, 0.1) is 23.0 Å². The summed E-state index contributed by atoms with van der Waals surface area (Å²) in [5, 5.41) is 20.8. The Hall–Kier alpha value is -2.18. The van der Waals surface area contributed by atoms with Crippen molar-refractivity contribution >= 4 is 11.4 Å². The highest BCUT2D eigenvalue weighted by molar-refractivity contribution is 5.53.